The summed E-state index contributed by atoms with van der Waals surface area (Å²) in [5.74, 6) is -1.87. The number of hydrogen-bond donors (Lipinski definition) is 2. The molecule has 0 aromatic heterocycles. The maximum Gasteiger partial charge on any atom is 0.303 e. The van der Waals surface area contributed by atoms with Gasteiger partial charge in [-0.2, -0.15) is 0 Å². The number of nitrogens with zero attached hydrogens (tertiary/aromatic N) is 1. The van der Waals surface area contributed by atoms with E-state index in [4.69, 9.17) is 10.8 Å². The number of ketones is 1. The summed E-state index contributed by atoms with van der Waals surface area (Å²) in [5, 5.41) is 8.80. The fourth-order valence-corrected chi connectivity index (χ4v) is 3.92. The van der Waals surface area contributed by atoms with Gasteiger partial charge < -0.3 is 15.7 Å². The van der Waals surface area contributed by atoms with Gasteiger partial charge in [-0.3, -0.25) is 14.4 Å². The Morgan fingerprint density at radius 2 is 1.57 bits per heavy atom. The molecule has 2 aromatic rings. The van der Waals surface area contributed by atoms with Crippen molar-refractivity contribution in [3.8, 4) is 0 Å². The van der Waals surface area contributed by atoms with Gasteiger partial charge >= 0.3 is 5.97 Å². The van der Waals surface area contributed by atoms with Gasteiger partial charge in [0.1, 0.15) is 0 Å². The minimum Gasteiger partial charge on any atom is -0.481 e. The van der Waals surface area contributed by atoms with Crippen molar-refractivity contribution in [3.05, 3.63) is 77.4 Å². The lowest BCUT2D eigenvalue weighted by molar-refractivity contribution is -0.140. The van der Waals surface area contributed by atoms with E-state index in [1.165, 1.54) is 0 Å². The number of aliphatic carboxylic acids is 1. The number of carboxylic acids is 1. The van der Waals surface area contributed by atoms with Gasteiger partial charge in [0.2, 0.25) is 5.78 Å². The number of hydrogen-bond acceptors (Lipinski definition) is 4. The lowest BCUT2D eigenvalue weighted by Crippen LogP contribution is -2.30. The molecule has 0 radical (unpaired) electrons. The molecule has 3 N–H and O–H groups in total. The molecular weight excluding hydrogens is 380 g/mol. The summed E-state index contributed by atoms with van der Waals surface area (Å²) in [6.07, 6.45) is 1.95. The van der Waals surface area contributed by atoms with E-state index < -0.39 is 23.7 Å². The van der Waals surface area contributed by atoms with Crippen molar-refractivity contribution in [2.75, 3.05) is 13.1 Å². The average Bonchev–Trinajstić information content (AvgIpc) is 3.00. The molecule has 156 valence electrons. The molecule has 3 rings (SSSR count). The van der Waals surface area contributed by atoms with Gasteiger partial charge in [0, 0.05) is 25.1 Å². The van der Waals surface area contributed by atoms with Crippen LogP contribution in [0.15, 0.2) is 66.2 Å². The summed E-state index contributed by atoms with van der Waals surface area (Å²) in [5.41, 5.74) is 8.86. The van der Waals surface area contributed by atoms with E-state index in [1.807, 2.05) is 60.7 Å². The average molecular weight is 406 g/mol. The summed E-state index contributed by atoms with van der Waals surface area (Å²) in [6, 6.07) is 18.4. The van der Waals surface area contributed by atoms with Crippen LogP contribution < -0.4 is 5.73 Å². The first-order valence-corrected chi connectivity index (χ1v) is 10.1. The highest BCUT2D eigenvalue weighted by Gasteiger charge is 2.44. The van der Waals surface area contributed by atoms with Crippen LogP contribution in [0.25, 0.3) is 5.57 Å². The fourth-order valence-electron chi connectivity index (χ4n) is 3.92. The Labute approximate surface area is 176 Å². The molecule has 1 saturated heterocycles. The predicted octanol–water partition coefficient (Wildman–Crippen LogP) is 3.20. The highest BCUT2D eigenvalue weighted by molar-refractivity contribution is 6.47. The molecule has 6 nitrogen and oxygen atoms in total. The predicted molar refractivity (Wildman–Crippen MR) is 114 cm³/mol. The largest absolute Gasteiger partial charge is 0.481 e. The third kappa shape index (κ3) is 4.66. The molecule has 6 heteroatoms. The number of Topliss-reactive ketones (excluding diaryl/α,β-unsaturated/α-hetero) is 1. The van der Waals surface area contributed by atoms with Crippen LogP contribution in [-0.4, -0.2) is 40.8 Å². The highest BCUT2D eigenvalue weighted by Crippen LogP contribution is 2.39. The minimum absolute atomic E-state index is 0.103. The molecule has 1 heterocycles. The van der Waals surface area contributed by atoms with Crippen LogP contribution >= 0.6 is 0 Å². The van der Waals surface area contributed by atoms with E-state index in [0.717, 1.165) is 11.1 Å². The molecule has 30 heavy (non-hydrogen) atoms. The molecule has 1 aliphatic rings. The molecule has 1 amide bonds. The molecule has 0 saturated carbocycles. The molecule has 1 unspecified atom stereocenters. The zero-order chi connectivity index (χ0) is 21.5. The zero-order valence-corrected chi connectivity index (χ0v) is 16.8. The third-order valence-corrected chi connectivity index (χ3v) is 5.34. The van der Waals surface area contributed by atoms with Crippen molar-refractivity contribution in [2.45, 2.75) is 31.7 Å². The lowest BCUT2D eigenvalue weighted by atomic mass is 9.90. The van der Waals surface area contributed by atoms with E-state index in [1.54, 1.807) is 4.90 Å². The Morgan fingerprint density at radius 3 is 2.17 bits per heavy atom. The van der Waals surface area contributed by atoms with Gasteiger partial charge in [-0.1, -0.05) is 67.1 Å². The second-order valence-electron chi connectivity index (χ2n) is 7.31. The minimum atomic E-state index is -0.828. The maximum atomic E-state index is 13.1. The molecule has 0 bridgehead atoms. The van der Waals surface area contributed by atoms with Crippen LogP contribution in [0, 0.1) is 0 Å². The Morgan fingerprint density at radius 1 is 0.933 bits per heavy atom. The van der Waals surface area contributed by atoms with Crippen LogP contribution in [0.1, 0.15) is 42.9 Å². The quantitative estimate of drug-likeness (QED) is 0.378. The van der Waals surface area contributed by atoms with Crippen LogP contribution in [-0.2, 0) is 14.4 Å². The van der Waals surface area contributed by atoms with E-state index in [9.17, 15) is 14.4 Å². The molecule has 1 atom stereocenters. The summed E-state index contributed by atoms with van der Waals surface area (Å²) in [6.45, 7) is 0.536. The normalized spacial score (nSPS) is 18.0. The van der Waals surface area contributed by atoms with Gasteiger partial charge in [-0.05, 0) is 29.5 Å². The smallest absolute Gasteiger partial charge is 0.303 e. The Bertz CT molecular complexity index is 938. The summed E-state index contributed by atoms with van der Waals surface area (Å²) in [4.78, 5) is 38.3. The number of amides is 1. The number of unbranched alkanes of at least 4 members (excludes halogenated alkanes) is 2. The topological polar surface area (TPSA) is 101 Å². The lowest BCUT2D eigenvalue weighted by Gasteiger charge is -2.26. The van der Waals surface area contributed by atoms with Gasteiger partial charge in [-0.15, -0.1) is 0 Å². The van der Waals surface area contributed by atoms with Crippen LogP contribution in [0.5, 0.6) is 0 Å². The Kier molecular flexibility index (Phi) is 7.14. The fraction of sp³-hybridized carbons (Fsp3) is 0.292. The number of carbonyl (C=O) groups is 3. The molecular formula is C24H26N2O4. The van der Waals surface area contributed by atoms with Crippen LogP contribution in [0.3, 0.4) is 0 Å². The molecule has 1 fully saturated rings. The first-order chi connectivity index (χ1) is 14.5. The Balaban J connectivity index is 1.97. The molecule has 0 aliphatic carbocycles. The number of rotatable bonds is 9. The van der Waals surface area contributed by atoms with Gasteiger partial charge in [-0.25, -0.2) is 0 Å². The van der Waals surface area contributed by atoms with E-state index in [0.29, 0.717) is 37.0 Å². The number of likely N-dealkylation sites (tertiary alicyclic amines) is 1. The maximum absolute atomic E-state index is 13.1. The van der Waals surface area contributed by atoms with Crippen molar-refractivity contribution < 1.29 is 19.5 Å². The second-order valence-corrected chi connectivity index (χ2v) is 7.31. The van der Waals surface area contributed by atoms with E-state index >= 15 is 0 Å². The zero-order valence-electron chi connectivity index (χ0n) is 16.8. The third-order valence-electron chi connectivity index (χ3n) is 5.34. The molecule has 1 aliphatic heterocycles. The monoisotopic (exact) mass is 406 g/mol. The SMILES string of the molecule is NCC(=C1C(=O)C(=O)N(CCCCCC(=O)O)C1c1ccccc1)c1ccccc1. The first-order valence-electron chi connectivity index (χ1n) is 10.1. The standard InChI is InChI=1S/C24H26N2O4/c25-16-19(17-10-4-1-5-11-17)21-22(18-12-6-2-7-13-18)26(24(30)23(21)29)15-9-3-8-14-20(27)28/h1-2,4-7,10-13,22H,3,8-9,14-16,25H2,(H,27,28). The van der Waals surface area contributed by atoms with Crippen molar-refractivity contribution in [3.63, 3.8) is 0 Å². The van der Waals surface area contributed by atoms with Crippen LogP contribution in [0.4, 0.5) is 0 Å². The van der Waals surface area contributed by atoms with Gasteiger partial charge in [0.25, 0.3) is 5.91 Å². The van der Waals surface area contributed by atoms with E-state index in [-0.39, 0.29) is 13.0 Å². The highest BCUT2D eigenvalue weighted by atomic mass is 16.4. The van der Waals surface area contributed by atoms with Crippen LogP contribution in [0.2, 0.25) is 0 Å². The van der Waals surface area contributed by atoms with Gasteiger partial charge in [0.05, 0.1) is 6.04 Å². The number of nitrogens with two attached hydrogens (primary N) is 1. The van der Waals surface area contributed by atoms with Crippen molar-refractivity contribution in [1.82, 2.24) is 4.90 Å². The van der Waals surface area contributed by atoms with Gasteiger partial charge in [0.15, 0.2) is 0 Å². The van der Waals surface area contributed by atoms with Crippen molar-refractivity contribution >= 4 is 23.2 Å². The van der Waals surface area contributed by atoms with Crippen molar-refractivity contribution in [2.24, 2.45) is 5.73 Å². The first kappa shape index (κ1) is 21.5. The summed E-state index contributed by atoms with van der Waals surface area (Å²) >= 11 is 0. The van der Waals surface area contributed by atoms with E-state index in [2.05, 4.69) is 0 Å². The molecule has 2 aromatic carbocycles. The Hall–Kier alpha value is -3.25. The molecule has 0 spiro atoms. The number of carboxylic acid groups (broad SMARTS) is 1. The summed E-state index contributed by atoms with van der Waals surface area (Å²) < 4.78 is 0. The number of carbonyl (C=O) groups excluding carboxylic acids is 2. The summed E-state index contributed by atoms with van der Waals surface area (Å²) in [7, 11) is 0. The number of benzene rings is 2. The second kappa shape index (κ2) is 9.98. The van der Waals surface area contributed by atoms with Crippen molar-refractivity contribution in [1.29, 1.82) is 0 Å².